The average molecular weight is 334 g/mol. The summed E-state index contributed by atoms with van der Waals surface area (Å²) in [6.07, 6.45) is 0.940. The molecule has 24 heavy (non-hydrogen) atoms. The molecule has 1 saturated carbocycles. The predicted molar refractivity (Wildman–Crippen MR) is 89.4 cm³/mol. The third-order valence-electron chi connectivity index (χ3n) is 4.20. The van der Waals surface area contributed by atoms with Crippen molar-refractivity contribution in [1.29, 1.82) is 0 Å². The SMILES string of the molecule is CC(C)(C)OC(=O)C[C@H](O)[C@@H]1CC[C@H]1COC(=O)c1ccccc1. The lowest BCUT2D eigenvalue weighted by molar-refractivity contribution is -0.159. The van der Waals surface area contributed by atoms with Crippen LogP contribution in [0.5, 0.6) is 0 Å². The maximum absolute atomic E-state index is 11.9. The second kappa shape index (κ2) is 7.79. The fourth-order valence-electron chi connectivity index (χ4n) is 2.85. The van der Waals surface area contributed by atoms with Crippen LogP contribution in [0.25, 0.3) is 0 Å². The molecule has 5 nitrogen and oxygen atoms in total. The first kappa shape index (κ1) is 18.5. The molecule has 132 valence electrons. The van der Waals surface area contributed by atoms with Crippen molar-refractivity contribution in [3.05, 3.63) is 35.9 Å². The van der Waals surface area contributed by atoms with Crippen LogP contribution in [-0.4, -0.2) is 35.4 Å². The second-order valence-electron chi connectivity index (χ2n) is 7.32. The Kier molecular flexibility index (Phi) is 5.99. The molecule has 0 spiro atoms. The highest BCUT2D eigenvalue weighted by atomic mass is 16.6. The van der Waals surface area contributed by atoms with E-state index in [1.165, 1.54) is 0 Å². The van der Waals surface area contributed by atoms with E-state index in [0.717, 1.165) is 12.8 Å². The van der Waals surface area contributed by atoms with Gasteiger partial charge in [0.2, 0.25) is 0 Å². The number of benzene rings is 1. The quantitative estimate of drug-likeness (QED) is 0.810. The van der Waals surface area contributed by atoms with Crippen molar-refractivity contribution >= 4 is 11.9 Å². The monoisotopic (exact) mass is 334 g/mol. The Morgan fingerprint density at radius 3 is 2.42 bits per heavy atom. The summed E-state index contributed by atoms with van der Waals surface area (Å²) in [5, 5.41) is 10.2. The summed E-state index contributed by atoms with van der Waals surface area (Å²) in [4.78, 5) is 23.7. The van der Waals surface area contributed by atoms with Gasteiger partial charge in [0.05, 0.1) is 24.7 Å². The zero-order chi connectivity index (χ0) is 17.7. The Labute approximate surface area is 143 Å². The molecule has 1 aliphatic rings. The number of carbonyl (C=O) groups is 2. The van der Waals surface area contributed by atoms with Crippen molar-refractivity contribution in [3.8, 4) is 0 Å². The third-order valence-corrected chi connectivity index (χ3v) is 4.20. The van der Waals surface area contributed by atoms with Gasteiger partial charge in [-0.05, 0) is 57.6 Å². The fraction of sp³-hybridized carbons (Fsp3) is 0.579. The number of rotatable bonds is 6. The van der Waals surface area contributed by atoms with E-state index >= 15 is 0 Å². The average Bonchev–Trinajstić information content (AvgIpc) is 2.44. The number of ether oxygens (including phenoxy) is 2. The smallest absolute Gasteiger partial charge is 0.338 e. The highest BCUT2D eigenvalue weighted by Crippen LogP contribution is 2.38. The Morgan fingerprint density at radius 2 is 1.88 bits per heavy atom. The number of carbonyl (C=O) groups excluding carboxylic acids is 2. The van der Waals surface area contributed by atoms with Gasteiger partial charge in [-0.3, -0.25) is 4.79 Å². The Morgan fingerprint density at radius 1 is 1.21 bits per heavy atom. The van der Waals surface area contributed by atoms with E-state index in [0.29, 0.717) is 5.56 Å². The number of hydrogen-bond donors (Lipinski definition) is 1. The van der Waals surface area contributed by atoms with E-state index < -0.39 is 17.7 Å². The van der Waals surface area contributed by atoms with Gasteiger partial charge in [0.25, 0.3) is 0 Å². The molecule has 1 aromatic rings. The Hall–Kier alpha value is -1.88. The van der Waals surface area contributed by atoms with Crippen LogP contribution in [0.2, 0.25) is 0 Å². The van der Waals surface area contributed by atoms with Crippen LogP contribution in [-0.2, 0) is 14.3 Å². The lowest BCUT2D eigenvalue weighted by Crippen LogP contribution is -2.40. The molecule has 1 aromatic carbocycles. The lowest BCUT2D eigenvalue weighted by atomic mass is 9.70. The maximum Gasteiger partial charge on any atom is 0.338 e. The summed E-state index contributed by atoms with van der Waals surface area (Å²) in [6.45, 7) is 5.66. The van der Waals surface area contributed by atoms with Crippen molar-refractivity contribution in [3.63, 3.8) is 0 Å². The van der Waals surface area contributed by atoms with Gasteiger partial charge >= 0.3 is 11.9 Å². The zero-order valence-corrected chi connectivity index (χ0v) is 14.5. The molecular formula is C19H26O5. The minimum absolute atomic E-state index is 0.0227. The molecule has 0 saturated heterocycles. The number of hydrogen-bond acceptors (Lipinski definition) is 5. The molecule has 5 heteroatoms. The van der Waals surface area contributed by atoms with Crippen LogP contribution in [0.4, 0.5) is 0 Å². The van der Waals surface area contributed by atoms with Crippen molar-refractivity contribution < 1.29 is 24.2 Å². The highest BCUT2D eigenvalue weighted by molar-refractivity contribution is 5.89. The van der Waals surface area contributed by atoms with Crippen LogP contribution in [0.3, 0.4) is 0 Å². The van der Waals surface area contributed by atoms with Crippen LogP contribution >= 0.6 is 0 Å². The molecule has 1 aliphatic carbocycles. The van der Waals surface area contributed by atoms with Gasteiger partial charge in [-0.15, -0.1) is 0 Å². The van der Waals surface area contributed by atoms with Crippen molar-refractivity contribution in [2.24, 2.45) is 11.8 Å². The first-order valence-corrected chi connectivity index (χ1v) is 8.38. The van der Waals surface area contributed by atoms with E-state index in [1.54, 1.807) is 45.0 Å². The van der Waals surface area contributed by atoms with Gasteiger partial charge in [-0.2, -0.15) is 0 Å². The molecule has 0 amide bonds. The summed E-state index contributed by atoms with van der Waals surface area (Å²) in [5.74, 6) is -0.694. The molecule has 0 bridgehead atoms. The van der Waals surface area contributed by atoms with E-state index in [-0.39, 0.29) is 30.8 Å². The van der Waals surface area contributed by atoms with E-state index in [2.05, 4.69) is 0 Å². The van der Waals surface area contributed by atoms with E-state index in [4.69, 9.17) is 9.47 Å². The number of esters is 2. The molecule has 0 heterocycles. The summed E-state index contributed by atoms with van der Waals surface area (Å²) in [6, 6.07) is 8.82. The van der Waals surface area contributed by atoms with Gasteiger partial charge in [0, 0.05) is 0 Å². The minimum atomic E-state index is -0.756. The van der Waals surface area contributed by atoms with Crippen molar-refractivity contribution in [1.82, 2.24) is 0 Å². The standard InChI is InChI=1S/C19H26O5/c1-19(2,3)24-17(21)11-16(20)15-10-9-14(15)12-23-18(22)13-7-5-4-6-8-13/h4-8,14-16,20H,9-12H2,1-3H3/t14-,15+,16-/m0/s1. The summed E-state index contributed by atoms with van der Waals surface area (Å²) >= 11 is 0. The molecule has 0 unspecified atom stereocenters. The van der Waals surface area contributed by atoms with E-state index in [1.807, 2.05) is 6.07 Å². The molecule has 0 aliphatic heterocycles. The molecule has 2 rings (SSSR count). The first-order chi connectivity index (χ1) is 11.3. The predicted octanol–water partition coefficient (Wildman–Crippen LogP) is 2.96. The van der Waals surface area contributed by atoms with Gasteiger partial charge in [-0.25, -0.2) is 4.79 Å². The zero-order valence-electron chi connectivity index (χ0n) is 14.5. The normalized spacial score (nSPS) is 21.5. The van der Waals surface area contributed by atoms with Gasteiger partial charge in [-0.1, -0.05) is 18.2 Å². The van der Waals surface area contributed by atoms with Crippen molar-refractivity contribution in [2.45, 2.75) is 51.7 Å². The van der Waals surface area contributed by atoms with Crippen LogP contribution < -0.4 is 0 Å². The van der Waals surface area contributed by atoms with Gasteiger partial charge in [0.1, 0.15) is 5.60 Å². The lowest BCUT2D eigenvalue weighted by Gasteiger charge is -2.39. The fourth-order valence-corrected chi connectivity index (χ4v) is 2.85. The molecule has 0 aromatic heterocycles. The maximum atomic E-state index is 11.9. The molecule has 1 fully saturated rings. The van der Waals surface area contributed by atoms with Gasteiger partial charge in [0.15, 0.2) is 0 Å². The molecule has 0 radical (unpaired) electrons. The largest absolute Gasteiger partial charge is 0.462 e. The topological polar surface area (TPSA) is 72.8 Å². The summed E-state index contributed by atoms with van der Waals surface area (Å²) in [5.41, 5.74) is -0.0382. The van der Waals surface area contributed by atoms with Gasteiger partial charge < -0.3 is 14.6 Å². The summed E-state index contributed by atoms with van der Waals surface area (Å²) in [7, 11) is 0. The molecule has 3 atom stereocenters. The minimum Gasteiger partial charge on any atom is -0.462 e. The molecular weight excluding hydrogens is 308 g/mol. The first-order valence-electron chi connectivity index (χ1n) is 8.38. The summed E-state index contributed by atoms with van der Waals surface area (Å²) < 4.78 is 10.6. The van der Waals surface area contributed by atoms with E-state index in [9.17, 15) is 14.7 Å². The Balaban J connectivity index is 1.77. The molecule has 1 N–H and O–H groups in total. The number of aliphatic hydroxyl groups is 1. The second-order valence-corrected chi connectivity index (χ2v) is 7.32. The number of aliphatic hydroxyl groups excluding tert-OH is 1. The van der Waals surface area contributed by atoms with Crippen molar-refractivity contribution in [2.75, 3.05) is 6.61 Å². The highest BCUT2D eigenvalue weighted by Gasteiger charge is 2.38. The van der Waals surface area contributed by atoms with Crippen LogP contribution in [0.1, 0.15) is 50.4 Å². The van der Waals surface area contributed by atoms with Crippen LogP contribution in [0.15, 0.2) is 30.3 Å². The third kappa shape index (κ3) is 5.34. The Bertz CT molecular complexity index is 561. The van der Waals surface area contributed by atoms with Crippen LogP contribution in [0, 0.1) is 11.8 Å².